The number of nitrogens with zero attached hydrogens (tertiary/aromatic N) is 3. The van der Waals surface area contributed by atoms with E-state index in [1.54, 1.807) is 0 Å². The Bertz CT molecular complexity index is 539. The molecule has 1 heterocycles. The molecule has 0 aliphatic heterocycles. The van der Waals surface area contributed by atoms with Crippen LogP contribution < -0.4 is 5.73 Å². The van der Waals surface area contributed by atoms with E-state index in [2.05, 4.69) is 31.0 Å². The summed E-state index contributed by atoms with van der Waals surface area (Å²) in [6, 6.07) is 5.55. The highest BCUT2D eigenvalue weighted by atomic mass is 79.9. The van der Waals surface area contributed by atoms with Gasteiger partial charge in [-0.2, -0.15) is 4.98 Å². The van der Waals surface area contributed by atoms with Crippen molar-refractivity contribution in [1.29, 1.82) is 0 Å². The minimum absolute atomic E-state index is 0.518. The van der Waals surface area contributed by atoms with E-state index in [-0.39, 0.29) is 0 Å². The standard InChI is InChI=1S/C12H15BrN4O/c1-17(2)6-5-11-15-12(18-16-11)8-3-4-10(14)9(13)7-8/h3-4,7H,5-6,14H2,1-2H3. The van der Waals surface area contributed by atoms with Crippen LogP contribution in [0, 0.1) is 0 Å². The number of halogens is 1. The molecule has 0 bridgehead atoms. The lowest BCUT2D eigenvalue weighted by Crippen LogP contribution is -2.15. The Kier molecular flexibility index (Phi) is 3.98. The third kappa shape index (κ3) is 3.08. The summed E-state index contributed by atoms with van der Waals surface area (Å²) in [6.45, 7) is 0.893. The smallest absolute Gasteiger partial charge is 0.257 e. The number of benzene rings is 1. The van der Waals surface area contributed by atoms with Crippen molar-refractivity contribution in [2.24, 2.45) is 0 Å². The topological polar surface area (TPSA) is 68.2 Å². The first kappa shape index (κ1) is 13.0. The summed E-state index contributed by atoms with van der Waals surface area (Å²) < 4.78 is 6.06. The van der Waals surface area contributed by atoms with Crippen molar-refractivity contribution in [2.45, 2.75) is 6.42 Å². The van der Waals surface area contributed by atoms with E-state index in [1.807, 2.05) is 32.3 Å². The zero-order valence-electron chi connectivity index (χ0n) is 10.4. The van der Waals surface area contributed by atoms with Crippen molar-refractivity contribution in [2.75, 3.05) is 26.4 Å². The van der Waals surface area contributed by atoms with E-state index in [4.69, 9.17) is 10.3 Å². The minimum atomic E-state index is 0.518. The van der Waals surface area contributed by atoms with Crippen molar-refractivity contribution >= 4 is 21.6 Å². The summed E-state index contributed by atoms with van der Waals surface area (Å²) in [5.41, 5.74) is 7.28. The lowest BCUT2D eigenvalue weighted by atomic mass is 10.2. The normalized spacial score (nSPS) is 11.1. The van der Waals surface area contributed by atoms with Gasteiger partial charge in [0.25, 0.3) is 5.89 Å². The fraction of sp³-hybridized carbons (Fsp3) is 0.333. The van der Waals surface area contributed by atoms with Gasteiger partial charge in [-0.3, -0.25) is 0 Å². The second-order valence-electron chi connectivity index (χ2n) is 4.31. The fourth-order valence-electron chi connectivity index (χ4n) is 1.46. The van der Waals surface area contributed by atoms with Gasteiger partial charge in [0.2, 0.25) is 0 Å². The number of hydrogen-bond acceptors (Lipinski definition) is 5. The van der Waals surface area contributed by atoms with Gasteiger partial charge in [0.05, 0.1) is 0 Å². The molecule has 2 rings (SSSR count). The molecule has 0 aliphatic carbocycles. The highest BCUT2D eigenvalue weighted by Gasteiger charge is 2.10. The maximum Gasteiger partial charge on any atom is 0.257 e. The number of nitrogens with two attached hydrogens (primary N) is 1. The molecule has 6 heteroatoms. The lowest BCUT2D eigenvalue weighted by molar-refractivity contribution is 0.392. The van der Waals surface area contributed by atoms with Crippen molar-refractivity contribution in [3.63, 3.8) is 0 Å². The Balaban J connectivity index is 2.16. The second kappa shape index (κ2) is 5.49. The van der Waals surface area contributed by atoms with Crippen molar-refractivity contribution in [3.05, 3.63) is 28.5 Å². The number of rotatable bonds is 4. The van der Waals surface area contributed by atoms with Crippen molar-refractivity contribution < 1.29 is 4.52 Å². The Labute approximate surface area is 114 Å². The summed E-state index contributed by atoms with van der Waals surface area (Å²) in [4.78, 5) is 6.44. The number of nitrogen functional groups attached to an aromatic ring is 1. The first-order valence-electron chi connectivity index (χ1n) is 5.59. The highest BCUT2D eigenvalue weighted by Crippen LogP contribution is 2.26. The summed E-state index contributed by atoms with van der Waals surface area (Å²) in [5, 5.41) is 3.96. The molecule has 0 radical (unpaired) electrons. The van der Waals surface area contributed by atoms with E-state index in [0.717, 1.165) is 23.0 Å². The molecular weight excluding hydrogens is 296 g/mol. The molecule has 0 amide bonds. The van der Waals surface area contributed by atoms with Crippen LogP contribution in [0.3, 0.4) is 0 Å². The molecule has 2 N–H and O–H groups in total. The highest BCUT2D eigenvalue weighted by molar-refractivity contribution is 9.10. The molecule has 1 aromatic carbocycles. The van der Waals surface area contributed by atoms with Crippen LogP contribution >= 0.6 is 15.9 Å². The van der Waals surface area contributed by atoms with Gasteiger partial charge in [-0.25, -0.2) is 0 Å². The van der Waals surface area contributed by atoms with E-state index < -0.39 is 0 Å². The van der Waals surface area contributed by atoms with E-state index in [1.165, 1.54) is 0 Å². The van der Waals surface area contributed by atoms with Crippen LogP contribution in [0.5, 0.6) is 0 Å². The Hall–Kier alpha value is -1.40. The average molecular weight is 311 g/mol. The maximum absolute atomic E-state index is 5.73. The predicted molar refractivity (Wildman–Crippen MR) is 74.1 cm³/mol. The summed E-state index contributed by atoms with van der Waals surface area (Å²) >= 11 is 3.38. The van der Waals surface area contributed by atoms with Gasteiger partial charge >= 0.3 is 0 Å². The Morgan fingerprint density at radius 1 is 1.39 bits per heavy atom. The van der Waals surface area contributed by atoms with Gasteiger partial charge in [-0.1, -0.05) is 5.16 Å². The molecule has 0 atom stereocenters. The predicted octanol–water partition coefficient (Wildman–Crippen LogP) is 2.19. The lowest BCUT2D eigenvalue weighted by Gasteiger charge is -2.05. The summed E-state index contributed by atoms with van der Waals surface area (Å²) in [7, 11) is 4.02. The molecule has 1 aromatic heterocycles. The molecule has 0 unspecified atom stereocenters. The molecule has 5 nitrogen and oxygen atoms in total. The van der Waals surface area contributed by atoms with Crippen LogP contribution in [0.2, 0.25) is 0 Å². The second-order valence-corrected chi connectivity index (χ2v) is 5.16. The third-order valence-corrected chi connectivity index (χ3v) is 3.18. The fourth-order valence-corrected chi connectivity index (χ4v) is 1.84. The Morgan fingerprint density at radius 2 is 2.17 bits per heavy atom. The van der Waals surface area contributed by atoms with Crippen molar-refractivity contribution in [3.8, 4) is 11.5 Å². The molecule has 18 heavy (non-hydrogen) atoms. The van der Waals surface area contributed by atoms with E-state index in [9.17, 15) is 0 Å². The van der Waals surface area contributed by atoms with Crippen LogP contribution in [-0.4, -0.2) is 35.7 Å². The molecule has 0 spiro atoms. The van der Waals surface area contributed by atoms with Gasteiger partial charge in [-0.05, 0) is 48.2 Å². The number of anilines is 1. The number of likely N-dealkylation sites (N-methyl/N-ethyl adjacent to an activating group) is 1. The Morgan fingerprint density at radius 3 is 2.83 bits per heavy atom. The van der Waals surface area contributed by atoms with Crippen LogP contribution in [0.25, 0.3) is 11.5 Å². The quantitative estimate of drug-likeness (QED) is 0.877. The first-order chi connectivity index (χ1) is 8.56. The van der Waals surface area contributed by atoms with E-state index >= 15 is 0 Å². The summed E-state index contributed by atoms with van der Waals surface area (Å²) in [6.07, 6.45) is 0.770. The zero-order valence-corrected chi connectivity index (χ0v) is 11.9. The van der Waals surface area contributed by atoms with Crippen LogP contribution in [0.4, 0.5) is 5.69 Å². The largest absolute Gasteiger partial charge is 0.398 e. The zero-order chi connectivity index (χ0) is 13.1. The molecule has 0 fully saturated rings. The van der Waals surface area contributed by atoms with Crippen LogP contribution in [0.15, 0.2) is 27.2 Å². The molecule has 0 saturated heterocycles. The SMILES string of the molecule is CN(C)CCc1noc(-c2ccc(N)c(Br)c2)n1. The molecular formula is C12H15BrN4O. The minimum Gasteiger partial charge on any atom is -0.398 e. The third-order valence-electron chi connectivity index (χ3n) is 2.50. The van der Waals surface area contributed by atoms with Crippen LogP contribution in [0.1, 0.15) is 5.82 Å². The van der Waals surface area contributed by atoms with Gasteiger partial charge in [-0.15, -0.1) is 0 Å². The molecule has 0 aliphatic rings. The first-order valence-corrected chi connectivity index (χ1v) is 6.38. The average Bonchev–Trinajstić information content (AvgIpc) is 2.79. The van der Waals surface area contributed by atoms with Gasteiger partial charge in [0, 0.05) is 28.7 Å². The molecule has 0 saturated carbocycles. The molecule has 2 aromatic rings. The monoisotopic (exact) mass is 310 g/mol. The number of hydrogen-bond donors (Lipinski definition) is 1. The van der Waals surface area contributed by atoms with Gasteiger partial charge < -0.3 is 15.2 Å². The maximum atomic E-state index is 5.73. The van der Waals surface area contributed by atoms with Gasteiger partial charge in [0.1, 0.15) is 0 Å². The van der Waals surface area contributed by atoms with Crippen molar-refractivity contribution in [1.82, 2.24) is 15.0 Å². The number of aromatic nitrogens is 2. The van der Waals surface area contributed by atoms with E-state index in [0.29, 0.717) is 17.4 Å². The summed E-state index contributed by atoms with van der Waals surface area (Å²) in [5.74, 6) is 1.23. The van der Waals surface area contributed by atoms with Gasteiger partial charge in [0.15, 0.2) is 5.82 Å². The molecule has 96 valence electrons. The van der Waals surface area contributed by atoms with Crippen LogP contribution in [-0.2, 0) is 6.42 Å².